The lowest BCUT2D eigenvalue weighted by molar-refractivity contribution is -0.139. The van der Waals surface area contributed by atoms with Gasteiger partial charge in [0.15, 0.2) is 0 Å². The van der Waals surface area contributed by atoms with Crippen molar-refractivity contribution < 1.29 is 18.0 Å². The zero-order valence-corrected chi connectivity index (χ0v) is 11.7. The fraction of sp³-hybridized carbons (Fsp3) is 0.571. The second kappa shape index (κ2) is 5.91. The van der Waals surface area contributed by atoms with Crippen LogP contribution >= 0.6 is 0 Å². The summed E-state index contributed by atoms with van der Waals surface area (Å²) in [6, 6.07) is 1.57. The predicted molar refractivity (Wildman–Crippen MR) is 70.7 cm³/mol. The molecule has 2 heterocycles. The monoisotopic (exact) mass is 302 g/mol. The van der Waals surface area contributed by atoms with Gasteiger partial charge in [-0.2, -0.15) is 13.2 Å². The summed E-state index contributed by atoms with van der Waals surface area (Å²) in [4.78, 5) is 25.3. The van der Waals surface area contributed by atoms with Gasteiger partial charge in [0.2, 0.25) is 5.91 Å². The maximum atomic E-state index is 12.6. The van der Waals surface area contributed by atoms with Crippen molar-refractivity contribution >= 4 is 5.91 Å². The van der Waals surface area contributed by atoms with Crippen molar-refractivity contribution in [1.82, 2.24) is 9.47 Å². The van der Waals surface area contributed by atoms with Crippen molar-refractivity contribution in [1.29, 1.82) is 0 Å². The highest BCUT2D eigenvalue weighted by Gasteiger charge is 2.31. The third-order valence-electron chi connectivity index (χ3n) is 3.63. The topological polar surface area (TPSA) is 42.3 Å². The molecule has 116 valence electrons. The average Bonchev–Trinajstić information content (AvgIpc) is 2.40. The minimum Gasteiger partial charge on any atom is -0.341 e. The van der Waals surface area contributed by atoms with Gasteiger partial charge < -0.3 is 9.47 Å². The summed E-state index contributed by atoms with van der Waals surface area (Å²) in [6.07, 6.45) is -1.91. The van der Waals surface area contributed by atoms with Crippen LogP contribution < -0.4 is 5.56 Å². The Bertz CT molecular complexity index is 580. The Labute approximate surface area is 120 Å². The van der Waals surface area contributed by atoms with Crippen LogP contribution in [0, 0.1) is 5.92 Å². The Morgan fingerprint density at radius 2 is 2.10 bits per heavy atom. The maximum Gasteiger partial charge on any atom is 0.417 e. The summed E-state index contributed by atoms with van der Waals surface area (Å²) < 4.78 is 38.7. The van der Waals surface area contributed by atoms with Gasteiger partial charge in [-0.3, -0.25) is 9.59 Å². The molecule has 1 unspecified atom stereocenters. The minimum atomic E-state index is -4.53. The van der Waals surface area contributed by atoms with Crippen molar-refractivity contribution in [2.24, 2.45) is 5.92 Å². The van der Waals surface area contributed by atoms with Gasteiger partial charge in [-0.25, -0.2) is 0 Å². The molecule has 4 nitrogen and oxygen atoms in total. The lowest BCUT2D eigenvalue weighted by Crippen LogP contribution is -2.42. The zero-order valence-electron chi connectivity index (χ0n) is 11.7. The number of nitrogens with zero attached hydrogens (tertiary/aromatic N) is 2. The predicted octanol–water partition coefficient (Wildman–Crippen LogP) is 2.13. The molecule has 1 fully saturated rings. The molecule has 21 heavy (non-hydrogen) atoms. The van der Waals surface area contributed by atoms with Crippen molar-refractivity contribution in [3.63, 3.8) is 0 Å². The van der Waals surface area contributed by atoms with Crippen molar-refractivity contribution in [2.45, 2.75) is 32.5 Å². The highest BCUT2D eigenvalue weighted by molar-refractivity contribution is 5.76. The molecule has 7 heteroatoms. The largest absolute Gasteiger partial charge is 0.417 e. The smallest absolute Gasteiger partial charge is 0.341 e. The van der Waals surface area contributed by atoms with Gasteiger partial charge in [-0.05, 0) is 24.8 Å². The fourth-order valence-corrected chi connectivity index (χ4v) is 2.48. The first-order chi connectivity index (χ1) is 9.77. The van der Waals surface area contributed by atoms with Gasteiger partial charge in [0.1, 0.15) is 6.54 Å². The van der Waals surface area contributed by atoms with E-state index in [0.29, 0.717) is 25.2 Å². The second-order valence-corrected chi connectivity index (χ2v) is 5.47. The van der Waals surface area contributed by atoms with Crippen LogP contribution in [0.4, 0.5) is 13.2 Å². The highest BCUT2D eigenvalue weighted by atomic mass is 19.4. The fourth-order valence-electron chi connectivity index (χ4n) is 2.48. The van der Waals surface area contributed by atoms with Crippen molar-refractivity contribution in [2.75, 3.05) is 13.1 Å². The number of carbonyl (C=O) groups is 1. The Kier molecular flexibility index (Phi) is 4.39. The molecule has 1 aliphatic heterocycles. The Hall–Kier alpha value is -1.79. The van der Waals surface area contributed by atoms with Crippen molar-refractivity contribution in [3.05, 3.63) is 34.2 Å². The molecule has 0 bridgehead atoms. The van der Waals surface area contributed by atoms with E-state index in [1.165, 1.54) is 0 Å². The molecule has 0 N–H and O–H groups in total. The standard InChI is InChI=1S/C14H17F3N2O2/c1-10-3-2-6-18(7-10)13(21)9-19-8-11(14(15,16)17)4-5-12(19)20/h4-5,8,10H,2-3,6-7,9H2,1H3. The van der Waals surface area contributed by atoms with E-state index in [0.717, 1.165) is 29.5 Å². The Morgan fingerprint density at radius 3 is 2.71 bits per heavy atom. The molecule has 0 radical (unpaired) electrons. The van der Waals surface area contributed by atoms with E-state index >= 15 is 0 Å². The number of hydrogen-bond acceptors (Lipinski definition) is 2. The third kappa shape index (κ3) is 3.86. The van der Waals surface area contributed by atoms with Gasteiger partial charge in [0.25, 0.3) is 5.56 Å². The van der Waals surface area contributed by atoms with Crippen LogP contribution in [0.15, 0.2) is 23.1 Å². The number of hydrogen-bond donors (Lipinski definition) is 0. The van der Waals surface area contributed by atoms with Crippen LogP contribution in [-0.4, -0.2) is 28.5 Å². The number of aromatic nitrogens is 1. The van der Waals surface area contributed by atoms with Gasteiger partial charge in [0, 0.05) is 25.4 Å². The Balaban J connectivity index is 2.15. The number of piperidine rings is 1. The number of likely N-dealkylation sites (tertiary alicyclic amines) is 1. The number of pyridine rings is 1. The molecule has 0 spiro atoms. The molecule has 1 aliphatic rings. The first-order valence-corrected chi connectivity index (χ1v) is 6.83. The molecule has 1 saturated heterocycles. The van der Waals surface area contributed by atoms with E-state index in [4.69, 9.17) is 0 Å². The summed E-state index contributed by atoms with van der Waals surface area (Å²) in [6.45, 7) is 2.86. The molecule has 1 amide bonds. The lowest BCUT2D eigenvalue weighted by Gasteiger charge is -2.31. The Morgan fingerprint density at radius 1 is 1.38 bits per heavy atom. The molecular formula is C14H17F3N2O2. The first-order valence-electron chi connectivity index (χ1n) is 6.83. The van der Waals surface area contributed by atoms with Gasteiger partial charge in [0.05, 0.1) is 5.56 Å². The van der Waals surface area contributed by atoms with Crippen LogP contribution in [0.3, 0.4) is 0 Å². The molecule has 0 aliphatic carbocycles. The van der Waals surface area contributed by atoms with Gasteiger partial charge in [-0.15, -0.1) is 0 Å². The average molecular weight is 302 g/mol. The first kappa shape index (κ1) is 15.6. The highest BCUT2D eigenvalue weighted by Crippen LogP contribution is 2.28. The van der Waals surface area contributed by atoms with E-state index < -0.39 is 17.3 Å². The van der Waals surface area contributed by atoms with E-state index in [2.05, 4.69) is 0 Å². The zero-order chi connectivity index (χ0) is 15.6. The molecule has 2 rings (SSSR count). The summed E-state index contributed by atoms with van der Waals surface area (Å²) in [5.74, 6) is 0.0592. The second-order valence-electron chi connectivity index (χ2n) is 5.47. The SMILES string of the molecule is CC1CCCN(C(=O)Cn2cc(C(F)(F)F)ccc2=O)C1. The van der Waals surface area contributed by atoms with E-state index in [1.807, 2.05) is 6.92 Å². The van der Waals surface area contributed by atoms with Crippen LogP contribution in [0.1, 0.15) is 25.3 Å². The van der Waals surface area contributed by atoms with Gasteiger partial charge in [-0.1, -0.05) is 6.92 Å². The van der Waals surface area contributed by atoms with Crippen LogP contribution in [0.5, 0.6) is 0 Å². The summed E-state index contributed by atoms with van der Waals surface area (Å²) in [5.41, 5.74) is -1.54. The third-order valence-corrected chi connectivity index (χ3v) is 3.63. The number of alkyl halides is 3. The van der Waals surface area contributed by atoms with Crippen LogP contribution in [0.2, 0.25) is 0 Å². The lowest BCUT2D eigenvalue weighted by atomic mass is 10.0. The number of halogens is 3. The summed E-state index contributed by atoms with van der Waals surface area (Å²) in [5, 5.41) is 0. The molecular weight excluding hydrogens is 285 g/mol. The molecule has 1 atom stereocenters. The normalized spacial score (nSPS) is 19.6. The molecule has 1 aromatic heterocycles. The summed E-state index contributed by atoms with van der Waals surface area (Å²) in [7, 11) is 0. The minimum absolute atomic E-state index is 0.317. The number of carbonyl (C=O) groups excluding carboxylic acids is 1. The van der Waals surface area contributed by atoms with E-state index in [1.54, 1.807) is 4.90 Å². The quantitative estimate of drug-likeness (QED) is 0.840. The van der Waals surface area contributed by atoms with Crippen LogP contribution in [-0.2, 0) is 17.5 Å². The number of amides is 1. The van der Waals surface area contributed by atoms with Crippen molar-refractivity contribution in [3.8, 4) is 0 Å². The van der Waals surface area contributed by atoms with Crippen LogP contribution in [0.25, 0.3) is 0 Å². The maximum absolute atomic E-state index is 12.6. The molecule has 1 aromatic rings. The molecule has 0 saturated carbocycles. The molecule has 0 aromatic carbocycles. The summed E-state index contributed by atoms with van der Waals surface area (Å²) >= 11 is 0. The van der Waals surface area contributed by atoms with E-state index in [-0.39, 0.29) is 12.5 Å². The van der Waals surface area contributed by atoms with E-state index in [9.17, 15) is 22.8 Å². The number of rotatable bonds is 2. The van der Waals surface area contributed by atoms with Gasteiger partial charge >= 0.3 is 6.18 Å².